The van der Waals surface area contributed by atoms with E-state index >= 15 is 0 Å². The van der Waals surface area contributed by atoms with Gasteiger partial charge in [-0.15, -0.1) is 11.3 Å². The zero-order chi connectivity index (χ0) is 17.5. The summed E-state index contributed by atoms with van der Waals surface area (Å²) in [7, 11) is 0. The van der Waals surface area contributed by atoms with Gasteiger partial charge in [-0.25, -0.2) is 0 Å². The van der Waals surface area contributed by atoms with Crippen LogP contribution in [0.25, 0.3) is 0 Å². The normalized spacial score (nSPS) is 10.2. The Morgan fingerprint density at radius 3 is 2.38 bits per heavy atom. The minimum Gasteiger partial charge on any atom is -0.294 e. The second-order valence-electron chi connectivity index (χ2n) is 5.36. The maximum absolute atomic E-state index is 12.0. The molecule has 1 aromatic carbocycles. The summed E-state index contributed by atoms with van der Waals surface area (Å²) in [4.78, 5) is 37.4. The second-order valence-corrected chi connectivity index (χ2v) is 6.50. The molecule has 0 unspecified atom stereocenters. The van der Waals surface area contributed by atoms with Crippen molar-refractivity contribution in [3.63, 3.8) is 0 Å². The number of aryl methyl sites for hydroxylation is 2. The van der Waals surface area contributed by atoms with E-state index in [1.54, 1.807) is 24.3 Å². The maximum Gasteiger partial charge on any atom is 0.279 e. The molecule has 0 saturated carbocycles. The molecule has 1 aromatic heterocycles. The van der Waals surface area contributed by atoms with Crippen molar-refractivity contribution in [3.8, 4) is 0 Å². The molecule has 2 rings (SSSR count). The van der Waals surface area contributed by atoms with Crippen molar-refractivity contribution in [1.29, 1.82) is 0 Å². The smallest absolute Gasteiger partial charge is 0.279 e. The SMILES string of the molecule is CCc1sc(C(=O)NNC(=O)CCC(=O)c2ccccc2)cc1C. The fourth-order valence-electron chi connectivity index (χ4n) is 2.23. The van der Waals surface area contributed by atoms with Crippen LogP contribution in [0.15, 0.2) is 36.4 Å². The highest BCUT2D eigenvalue weighted by Gasteiger charge is 2.13. The number of nitrogens with one attached hydrogen (secondary N) is 2. The van der Waals surface area contributed by atoms with Gasteiger partial charge in [-0.2, -0.15) is 0 Å². The van der Waals surface area contributed by atoms with Crippen molar-refractivity contribution in [2.45, 2.75) is 33.1 Å². The summed E-state index contributed by atoms with van der Waals surface area (Å²) in [5.74, 6) is -0.833. The molecule has 1 heterocycles. The van der Waals surface area contributed by atoms with Crippen LogP contribution < -0.4 is 10.9 Å². The average Bonchev–Trinajstić information content (AvgIpc) is 2.99. The number of hydrogen-bond donors (Lipinski definition) is 2. The van der Waals surface area contributed by atoms with E-state index in [1.807, 2.05) is 26.0 Å². The van der Waals surface area contributed by atoms with Crippen LogP contribution >= 0.6 is 11.3 Å². The zero-order valence-electron chi connectivity index (χ0n) is 13.7. The second kappa shape index (κ2) is 8.40. The van der Waals surface area contributed by atoms with E-state index in [0.717, 1.165) is 16.9 Å². The summed E-state index contributed by atoms with van der Waals surface area (Å²) in [6.45, 7) is 3.99. The lowest BCUT2D eigenvalue weighted by molar-refractivity contribution is -0.121. The van der Waals surface area contributed by atoms with Crippen LogP contribution in [0.4, 0.5) is 0 Å². The molecule has 6 heteroatoms. The van der Waals surface area contributed by atoms with Gasteiger partial charge in [0.15, 0.2) is 5.78 Å². The highest BCUT2D eigenvalue weighted by atomic mass is 32.1. The van der Waals surface area contributed by atoms with E-state index in [-0.39, 0.29) is 24.5 Å². The van der Waals surface area contributed by atoms with Crippen LogP contribution in [0.2, 0.25) is 0 Å². The van der Waals surface area contributed by atoms with Gasteiger partial charge in [0.2, 0.25) is 5.91 Å². The number of ketones is 1. The topological polar surface area (TPSA) is 75.3 Å². The Labute approximate surface area is 145 Å². The van der Waals surface area contributed by atoms with Gasteiger partial charge in [0.25, 0.3) is 5.91 Å². The number of benzene rings is 1. The van der Waals surface area contributed by atoms with Crippen LogP contribution in [0.3, 0.4) is 0 Å². The van der Waals surface area contributed by atoms with Crippen molar-refractivity contribution < 1.29 is 14.4 Å². The first kappa shape index (κ1) is 17.9. The molecule has 0 aliphatic carbocycles. The fourth-order valence-corrected chi connectivity index (χ4v) is 3.24. The van der Waals surface area contributed by atoms with Crippen molar-refractivity contribution in [3.05, 3.63) is 57.3 Å². The molecule has 0 bridgehead atoms. The number of carbonyl (C=O) groups excluding carboxylic acids is 3. The number of hydrazine groups is 1. The number of rotatable bonds is 6. The molecule has 2 amide bonds. The molecule has 0 fully saturated rings. The lowest BCUT2D eigenvalue weighted by Crippen LogP contribution is -2.41. The van der Waals surface area contributed by atoms with Gasteiger partial charge in [0.05, 0.1) is 4.88 Å². The van der Waals surface area contributed by atoms with E-state index in [4.69, 9.17) is 0 Å². The first-order chi connectivity index (χ1) is 11.5. The van der Waals surface area contributed by atoms with Crippen LogP contribution in [-0.4, -0.2) is 17.6 Å². The molecule has 0 saturated heterocycles. The molecule has 24 heavy (non-hydrogen) atoms. The number of hydrogen-bond acceptors (Lipinski definition) is 4. The molecule has 2 aromatic rings. The van der Waals surface area contributed by atoms with Crippen molar-refractivity contribution >= 4 is 28.9 Å². The monoisotopic (exact) mass is 344 g/mol. The summed E-state index contributed by atoms with van der Waals surface area (Å²) in [6.07, 6.45) is 0.999. The molecule has 0 radical (unpaired) electrons. The van der Waals surface area contributed by atoms with Gasteiger partial charge in [0, 0.05) is 23.3 Å². The van der Waals surface area contributed by atoms with Crippen LogP contribution in [0.1, 0.15) is 50.2 Å². The molecule has 0 aliphatic heterocycles. The standard InChI is InChI=1S/C18H20N2O3S/c1-3-15-12(2)11-16(24-15)18(23)20-19-17(22)10-9-14(21)13-7-5-4-6-8-13/h4-8,11H,3,9-10H2,1-2H3,(H,19,22)(H,20,23). The first-order valence-electron chi connectivity index (χ1n) is 7.78. The predicted octanol–water partition coefficient (Wildman–Crippen LogP) is 3.04. The van der Waals surface area contributed by atoms with Gasteiger partial charge in [-0.3, -0.25) is 25.2 Å². The summed E-state index contributed by atoms with van der Waals surface area (Å²) in [6, 6.07) is 10.6. The summed E-state index contributed by atoms with van der Waals surface area (Å²) in [5, 5.41) is 0. The van der Waals surface area contributed by atoms with Crippen LogP contribution in [0.5, 0.6) is 0 Å². The van der Waals surface area contributed by atoms with Gasteiger partial charge in [-0.1, -0.05) is 37.3 Å². The summed E-state index contributed by atoms with van der Waals surface area (Å²) in [5.41, 5.74) is 6.39. The highest BCUT2D eigenvalue weighted by molar-refractivity contribution is 7.14. The molecule has 0 aliphatic rings. The lowest BCUT2D eigenvalue weighted by Gasteiger charge is -2.06. The fraction of sp³-hybridized carbons (Fsp3) is 0.278. The molecular weight excluding hydrogens is 324 g/mol. The van der Waals surface area contributed by atoms with E-state index in [1.165, 1.54) is 11.3 Å². The highest BCUT2D eigenvalue weighted by Crippen LogP contribution is 2.21. The number of Topliss-reactive ketones (excluding diaryl/α,β-unsaturated/α-hetero) is 1. The molecule has 5 nitrogen and oxygen atoms in total. The predicted molar refractivity (Wildman–Crippen MR) is 94.0 cm³/mol. The van der Waals surface area contributed by atoms with Gasteiger partial charge >= 0.3 is 0 Å². The number of carbonyl (C=O) groups is 3. The van der Waals surface area contributed by atoms with Crippen molar-refractivity contribution in [2.75, 3.05) is 0 Å². The number of thiophene rings is 1. The molecular formula is C18H20N2O3S. The molecule has 0 atom stereocenters. The van der Waals surface area contributed by atoms with E-state index in [9.17, 15) is 14.4 Å². The van der Waals surface area contributed by atoms with E-state index < -0.39 is 5.91 Å². The van der Waals surface area contributed by atoms with Crippen molar-refractivity contribution in [1.82, 2.24) is 10.9 Å². The third-order valence-corrected chi connectivity index (χ3v) is 4.94. The quantitative estimate of drug-likeness (QED) is 0.625. The Hall–Kier alpha value is -2.47. The Bertz CT molecular complexity index is 738. The van der Waals surface area contributed by atoms with E-state index in [0.29, 0.717) is 10.4 Å². The van der Waals surface area contributed by atoms with Crippen LogP contribution in [-0.2, 0) is 11.2 Å². The Morgan fingerprint density at radius 1 is 1.04 bits per heavy atom. The van der Waals surface area contributed by atoms with Crippen molar-refractivity contribution in [2.24, 2.45) is 0 Å². The average molecular weight is 344 g/mol. The zero-order valence-corrected chi connectivity index (χ0v) is 14.5. The van der Waals surface area contributed by atoms with Gasteiger partial charge < -0.3 is 0 Å². The minimum absolute atomic E-state index is 0.0255. The largest absolute Gasteiger partial charge is 0.294 e. The summed E-state index contributed by atoms with van der Waals surface area (Å²) < 4.78 is 0. The van der Waals surface area contributed by atoms with Crippen LogP contribution in [0, 0.1) is 6.92 Å². The Balaban J connectivity index is 1.78. The lowest BCUT2D eigenvalue weighted by atomic mass is 10.1. The molecule has 0 spiro atoms. The molecule has 2 N–H and O–H groups in total. The number of amides is 2. The van der Waals surface area contributed by atoms with E-state index in [2.05, 4.69) is 10.9 Å². The Morgan fingerprint density at radius 2 is 1.75 bits per heavy atom. The minimum atomic E-state index is -0.392. The third kappa shape index (κ3) is 4.76. The van der Waals surface area contributed by atoms with Gasteiger partial charge in [-0.05, 0) is 25.0 Å². The van der Waals surface area contributed by atoms with Gasteiger partial charge in [0.1, 0.15) is 0 Å². The third-order valence-electron chi connectivity index (χ3n) is 3.56. The first-order valence-corrected chi connectivity index (χ1v) is 8.59. The molecule has 126 valence electrons. The maximum atomic E-state index is 12.0. The summed E-state index contributed by atoms with van der Waals surface area (Å²) >= 11 is 1.42. The Kier molecular flexibility index (Phi) is 6.26.